The average molecular weight is 286 g/mol. The summed E-state index contributed by atoms with van der Waals surface area (Å²) in [7, 11) is 1.52. The number of ether oxygens (including phenoxy) is 1. The molecule has 1 aromatic carbocycles. The van der Waals surface area contributed by atoms with Crippen molar-refractivity contribution in [1.29, 1.82) is 0 Å². The number of nitrogen functional groups attached to an aromatic ring is 1. The molecule has 21 heavy (non-hydrogen) atoms. The summed E-state index contributed by atoms with van der Waals surface area (Å²) in [5, 5.41) is 6.91. The number of benzene rings is 1. The third-order valence-corrected chi connectivity index (χ3v) is 3.33. The van der Waals surface area contributed by atoms with Gasteiger partial charge in [-0.25, -0.2) is 4.98 Å². The largest absolute Gasteiger partial charge is 0.496 e. The zero-order valence-corrected chi connectivity index (χ0v) is 11.6. The van der Waals surface area contributed by atoms with Gasteiger partial charge >= 0.3 is 0 Å². The van der Waals surface area contributed by atoms with E-state index in [4.69, 9.17) is 10.5 Å². The van der Waals surface area contributed by atoms with Crippen molar-refractivity contribution in [3.63, 3.8) is 0 Å². The van der Waals surface area contributed by atoms with E-state index >= 15 is 0 Å². The Kier molecular flexibility index (Phi) is 3.05. The first-order valence-corrected chi connectivity index (χ1v) is 6.33. The van der Waals surface area contributed by atoms with Crippen LogP contribution in [-0.4, -0.2) is 31.8 Å². The van der Waals surface area contributed by atoms with Crippen molar-refractivity contribution in [2.45, 2.75) is 13.0 Å². The van der Waals surface area contributed by atoms with Crippen molar-refractivity contribution in [3.05, 3.63) is 40.7 Å². The van der Waals surface area contributed by atoms with Crippen LogP contribution >= 0.6 is 0 Å². The highest BCUT2D eigenvalue weighted by Gasteiger charge is 2.17. The van der Waals surface area contributed by atoms with E-state index < -0.39 is 0 Å². The fourth-order valence-electron chi connectivity index (χ4n) is 2.20. The molecule has 8 heteroatoms. The lowest BCUT2D eigenvalue weighted by Crippen LogP contribution is -2.25. The second-order valence-electron chi connectivity index (χ2n) is 4.57. The summed E-state index contributed by atoms with van der Waals surface area (Å²) in [5.74, 6) is 1.12. The van der Waals surface area contributed by atoms with Crippen LogP contribution in [0, 0.1) is 0 Å². The highest BCUT2D eigenvalue weighted by Crippen LogP contribution is 2.21. The maximum Gasteiger partial charge on any atom is 0.265 e. The zero-order chi connectivity index (χ0) is 15.0. The van der Waals surface area contributed by atoms with Gasteiger partial charge < -0.3 is 10.5 Å². The van der Waals surface area contributed by atoms with Crippen LogP contribution in [0.1, 0.15) is 18.8 Å². The fourth-order valence-corrected chi connectivity index (χ4v) is 2.20. The number of aromatic nitrogens is 5. The molecular formula is C13H14N6O2. The summed E-state index contributed by atoms with van der Waals surface area (Å²) in [6.07, 6.45) is 1.48. The lowest BCUT2D eigenvalue weighted by Gasteiger charge is -2.13. The molecule has 3 aromatic rings. The molecule has 0 aliphatic heterocycles. The minimum absolute atomic E-state index is 0.135. The minimum Gasteiger partial charge on any atom is -0.496 e. The Morgan fingerprint density at radius 3 is 2.90 bits per heavy atom. The van der Waals surface area contributed by atoms with E-state index in [0.29, 0.717) is 22.5 Å². The number of fused-ring (bicyclic) bond motifs is 1. The second-order valence-corrected chi connectivity index (χ2v) is 4.57. The molecular weight excluding hydrogens is 272 g/mol. The molecule has 0 bridgehead atoms. The summed E-state index contributed by atoms with van der Waals surface area (Å²) < 4.78 is 6.71. The zero-order valence-electron chi connectivity index (χ0n) is 11.6. The van der Waals surface area contributed by atoms with Crippen LogP contribution in [0.4, 0.5) is 5.95 Å². The lowest BCUT2D eigenvalue weighted by molar-refractivity contribution is 0.418. The van der Waals surface area contributed by atoms with Gasteiger partial charge in [-0.1, -0.05) is 6.07 Å². The lowest BCUT2D eigenvalue weighted by atomic mass is 10.2. The number of hydrogen-bond acceptors (Lipinski definition) is 6. The van der Waals surface area contributed by atoms with Gasteiger partial charge in [-0.2, -0.15) is 4.98 Å². The quantitative estimate of drug-likeness (QED) is 0.733. The summed E-state index contributed by atoms with van der Waals surface area (Å²) in [6.45, 7) is 1.81. The number of nitrogens with zero attached hydrogens (tertiary/aromatic N) is 4. The monoisotopic (exact) mass is 286 g/mol. The number of H-pyrrole nitrogens is 1. The van der Waals surface area contributed by atoms with Crippen LogP contribution in [0.15, 0.2) is 29.3 Å². The molecule has 3 rings (SSSR count). The van der Waals surface area contributed by atoms with E-state index in [2.05, 4.69) is 20.2 Å². The molecule has 0 spiro atoms. The molecule has 3 N–H and O–H groups in total. The first-order chi connectivity index (χ1) is 10.1. The molecule has 0 aliphatic carbocycles. The molecule has 0 aliphatic rings. The number of methoxy groups -OCH3 is 1. The number of nitrogens with two attached hydrogens (primary N) is 1. The van der Waals surface area contributed by atoms with Crippen molar-refractivity contribution in [2.75, 3.05) is 12.8 Å². The van der Waals surface area contributed by atoms with Crippen molar-refractivity contribution >= 4 is 16.9 Å². The fraction of sp³-hybridized carbons (Fsp3) is 0.231. The molecule has 0 unspecified atom stereocenters. The molecule has 1 atom stereocenters. The Morgan fingerprint density at radius 1 is 1.43 bits per heavy atom. The van der Waals surface area contributed by atoms with Crippen LogP contribution in [0.3, 0.4) is 0 Å². The molecule has 0 amide bonds. The predicted octanol–water partition coefficient (Wildman–Crippen LogP) is 0.715. The number of rotatable bonds is 3. The molecule has 8 nitrogen and oxygen atoms in total. The summed E-state index contributed by atoms with van der Waals surface area (Å²) in [6, 6.07) is 4.91. The van der Waals surface area contributed by atoms with Gasteiger partial charge in [0, 0.05) is 0 Å². The van der Waals surface area contributed by atoms with E-state index in [1.54, 1.807) is 18.2 Å². The first-order valence-electron chi connectivity index (χ1n) is 6.33. The normalized spacial score (nSPS) is 12.5. The number of aromatic amines is 1. The van der Waals surface area contributed by atoms with E-state index in [-0.39, 0.29) is 17.5 Å². The molecule has 0 radical (unpaired) electrons. The van der Waals surface area contributed by atoms with Gasteiger partial charge in [0.05, 0.1) is 25.0 Å². The third-order valence-electron chi connectivity index (χ3n) is 3.33. The van der Waals surface area contributed by atoms with Crippen LogP contribution in [0.5, 0.6) is 5.75 Å². The van der Waals surface area contributed by atoms with Gasteiger partial charge in [0.1, 0.15) is 17.0 Å². The molecule has 2 aromatic heterocycles. The van der Waals surface area contributed by atoms with Crippen LogP contribution in [0.25, 0.3) is 10.9 Å². The number of nitrogens with one attached hydrogen (secondary N) is 1. The number of hydrogen-bond donors (Lipinski definition) is 2. The SMILES string of the molecule is COc1cccc2ncn([C@H](C)c3nc(N)n[nH]3)c(=O)c12. The summed E-state index contributed by atoms with van der Waals surface area (Å²) >= 11 is 0. The van der Waals surface area contributed by atoms with E-state index in [1.807, 2.05) is 6.92 Å². The second kappa shape index (κ2) is 4.89. The number of anilines is 1. The van der Waals surface area contributed by atoms with Crippen molar-refractivity contribution < 1.29 is 4.74 Å². The predicted molar refractivity (Wildman–Crippen MR) is 77.2 cm³/mol. The van der Waals surface area contributed by atoms with Gasteiger partial charge in [0.15, 0.2) is 0 Å². The third kappa shape index (κ3) is 2.10. The van der Waals surface area contributed by atoms with Gasteiger partial charge in [0.25, 0.3) is 5.56 Å². The average Bonchev–Trinajstić information content (AvgIpc) is 2.93. The van der Waals surface area contributed by atoms with Crippen molar-refractivity contribution in [3.8, 4) is 5.75 Å². The maximum absolute atomic E-state index is 12.7. The maximum atomic E-state index is 12.7. The van der Waals surface area contributed by atoms with Crippen LogP contribution < -0.4 is 16.0 Å². The Bertz CT molecular complexity index is 853. The Balaban J connectivity index is 2.20. The summed E-state index contributed by atoms with van der Waals surface area (Å²) in [5.41, 5.74) is 5.87. The van der Waals surface area contributed by atoms with E-state index in [0.717, 1.165) is 0 Å². The van der Waals surface area contributed by atoms with Crippen LogP contribution in [-0.2, 0) is 0 Å². The molecule has 0 saturated carbocycles. The topological polar surface area (TPSA) is 112 Å². The van der Waals surface area contributed by atoms with Crippen LogP contribution in [0.2, 0.25) is 0 Å². The highest BCUT2D eigenvalue weighted by molar-refractivity contribution is 5.83. The molecule has 0 fully saturated rings. The van der Waals surface area contributed by atoms with Crippen molar-refractivity contribution in [2.24, 2.45) is 0 Å². The standard InChI is InChI=1S/C13H14N6O2/c1-7(11-16-13(14)18-17-11)19-6-15-8-4-3-5-9(21-2)10(8)12(19)20/h3-7H,1-2H3,(H3,14,16,17,18)/t7-/m1/s1. The Labute approximate surface area is 119 Å². The van der Waals surface area contributed by atoms with E-state index in [1.165, 1.54) is 18.0 Å². The minimum atomic E-state index is -0.371. The molecule has 108 valence electrons. The van der Waals surface area contributed by atoms with Gasteiger partial charge in [-0.05, 0) is 19.1 Å². The van der Waals surface area contributed by atoms with Crippen molar-refractivity contribution in [1.82, 2.24) is 24.7 Å². The molecule has 2 heterocycles. The van der Waals surface area contributed by atoms with Gasteiger partial charge in [-0.15, -0.1) is 5.10 Å². The van der Waals surface area contributed by atoms with Gasteiger partial charge in [0.2, 0.25) is 5.95 Å². The van der Waals surface area contributed by atoms with E-state index in [9.17, 15) is 4.79 Å². The smallest absolute Gasteiger partial charge is 0.265 e. The molecule has 0 saturated heterocycles. The Hall–Kier alpha value is -2.90. The highest BCUT2D eigenvalue weighted by atomic mass is 16.5. The summed E-state index contributed by atoms with van der Waals surface area (Å²) in [4.78, 5) is 21.0. The van der Waals surface area contributed by atoms with Gasteiger partial charge in [-0.3, -0.25) is 14.5 Å². The Morgan fingerprint density at radius 2 is 2.24 bits per heavy atom. The first kappa shape index (κ1) is 13.1.